The molecule has 0 radical (unpaired) electrons. The molecule has 0 amide bonds. The molecule has 3 aromatic heterocycles. The summed E-state index contributed by atoms with van der Waals surface area (Å²) in [4.78, 5) is 10.3. The fourth-order valence-corrected chi connectivity index (χ4v) is 10.3. The van der Waals surface area contributed by atoms with Gasteiger partial charge in [-0.05, 0) is 139 Å². The third-order valence-electron chi connectivity index (χ3n) is 13.5. The number of nitrogens with zero attached hydrogens (tertiary/aromatic N) is 4. The fourth-order valence-electron chi connectivity index (χ4n) is 10.3. The van der Waals surface area contributed by atoms with Gasteiger partial charge in [-0.3, -0.25) is 0 Å². The monoisotopic (exact) mass is 846 g/mol. The molecule has 4 heteroatoms. The van der Waals surface area contributed by atoms with E-state index in [1.165, 1.54) is 82.6 Å². The van der Waals surface area contributed by atoms with Crippen molar-refractivity contribution in [1.29, 1.82) is 0 Å². The first kappa shape index (κ1) is 39.3. The van der Waals surface area contributed by atoms with E-state index in [4.69, 9.17) is 9.97 Å². The second kappa shape index (κ2) is 15.7. The van der Waals surface area contributed by atoms with Gasteiger partial charge < -0.3 is 9.13 Å². The fraction of sp³-hybridized carbons (Fsp3) is 0.0645. The van der Waals surface area contributed by atoms with Crippen LogP contribution in [-0.4, -0.2) is 19.1 Å². The molecule has 66 heavy (non-hydrogen) atoms. The van der Waals surface area contributed by atoms with Crippen molar-refractivity contribution in [2.45, 2.75) is 27.7 Å². The second-order valence-corrected chi connectivity index (χ2v) is 17.6. The predicted octanol–water partition coefficient (Wildman–Crippen LogP) is 16.2. The number of rotatable bonds is 7. The van der Waals surface area contributed by atoms with Crippen molar-refractivity contribution in [2.24, 2.45) is 0 Å². The van der Waals surface area contributed by atoms with Gasteiger partial charge in [0.15, 0.2) is 5.82 Å². The summed E-state index contributed by atoms with van der Waals surface area (Å²) < 4.78 is 4.80. The molecule has 12 rings (SSSR count). The molecule has 0 bridgehead atoms. The van der Waals surface area contributed by atoms with E-state index in [9.17, 15) is 0 Å². The molecule has 0 aliphatic rings. The second-order valence-electron chi connectivity index (χ2n) is 17.6. The highest BCUT2D eigenvalue weighted by Crippen LogP contribution is 2.39. The Labute approximate surface area is 384 Å². The first-order valence-corrected chi connectivity index (χ1v) is 22.7. The number of hydrogen-bond acceptors (Lipinski definition) is 2. The van der Waals surface area contributed by atoms with E-state index in [1.807, 2.05) is 0 Å². The van der Waals surface area contributed by atoms with E-state index < -0.39 is 0 Å². The smallest absolute Gasteiger partial charge is 0.160 e. The lowest BCUT2D eigenvalue weighted by Gasteiger charge is -2.16. The van der Waals surface area contributed by atoms with Crippen LogP contribution in [0.5, 0.6) is 0 Å². The molecule has 0 fully saturated rings. The molecule has 0 aliphatic heterocycles. The molecule has 0 atom stereocenters. The van der Waals surface area contributed by atoms with E-state index >= 15 is 0 Å². The Morgan fingerprint density at radius 1 is 0.303 bits per heavy atom. The van der Waals surface area contributed by atoms with Crippen LogP contribution in [0.3, 0.4) is 0 Å². The molecule has 0 N–H and O–H groups in total. The maximum Gasteiger partial charge on any atom is 0.160 e. The first-order valence-electron chi connectivity index (χ1n) is 22.7. The number of benzene rings is 9. The molecule has 0 unspecified atom stereocenters. The van der Waals surface area contributed by atoms with Crippen molar-refractivity contribution in [3.8, 4) is 67.5 Å². The topological polar surface area (TPSA) is 35.6 Å². The molecular weight excluding hydrogens is 801 g/mol. The lowest BCUT2D eigenvalue weighted by molar-refractivity contribution is 1.17. The van der Waals surface area contributed by atoms with Gasteiger partial charge in [0.05, 0.1) is 33.5 Å². The summed E-state index contributed by atoms with van der Waals surface area (Å²) in [5.74, 6) is 0.743. The Morgan fingerprint density at radius 3 is 1.33 bits per heavy atom. The Balaban J connectivity index is 0.863. The van der Waals surface area contributed by atoms with Gasteiger partial charge in [-0.2, -0.15) is 0 Å². The largest absolute Gasteiger partial charge is 0.309 e. The van der Waals surface area contributed by atoms with Crippen LogP contribution in [0.2, 0.25) is 0 Å². The number of aryl methyl sites for hydroxylation is 4. The normalized spacial score (nSPS) is 11.6. The summed E-state index contributed by atoms with van der Waals surface area (Å²) in [6, 6.07) is 74.6. The third-order valence-corrected chi connectivity index (χ3v) is 13.5. The van der Waals surface area contributed by atoms with Gasteiger partial charge in [0, 0.05) is 49.6 Å². The molecule has 0 saturated carbocycles. The van der Waals surface area contributed by atoms with Crippen LogP contribution in [0, 0.1) is 27.7 Å². The van der Waals surface area contributed by atoms with Crippen molar-refractivity contribution in [3.63, 3.8) is 0 Å². The van der Waals surface area contributed by atoms with Crippen LogP contribution in [0.15, 0.2) is 206 Å². The Morgan fingerprint density at radius 2 is 0.742 bits per heavy atom. The van der Waals surface area contributed by atoms with Gasteiger partial charge in [0.2, 0.25) is 0 Å². The Hall–Kier alpha value is -8.34. The van der Waals surface area contributed by atoms with Crippen LogP contribution in [0.1, 0.15) is 22.3 Å². The maximum atomic E-state index is 5.19. The van der Waals surface area contributed by atoms with Gasteiger partial charge in [0.1, 0.15) is 0 Å². The number of fused-ring (bicyclic) bond motifs is 6. The summed E-state index contributed by atoms with van der Waals surface area (Å²) in [6.07, 6.45) is 0. The minimum atomic E-state index is 0.743. The minimum Gasteiger partial charge on any atom is -0.309 e. The summed E-state index contributed by atoms with van der Waals surface area (Å²) in [7, 11) is 0. The van der Waals surface area contributed by atoms with Crippen molar-refractivity contribution in [3.05, 3.63) is 229 Å². The quantitative estimate of drug-likeness (QED) is 0.160. The van der Waals surface area contributed by atoms with Gasteiger partial charge >= 0.3 is 0 Å². The summed E-state index contributed by atoms with van der Waals surface area (Å²) in [5, 5.41) is 5.01. The average molecular weight is 847 g/mol. The van der Waals surface area contributed by atoms with Crippen molar-refractivity contribution in [1.82, 2.24) is 19.1 Å². The van der Waals surface area contributed by atoms with Gasteiger partial charge in [0.25, 0.3) is 0 Å². The number of hydrogen-bond donors (Lipinski definition) is 0. The van der Waals surface area contributed by atoms with Crippen molar-refractivity contribution in [2.75, 3.05) is 0 Å². The lowest BCUT2D eigenvalue weighted by atomic mass is 9.91. The van der Waals surface area contributed by atoms with Crippen molar-refractivity contribution < 1.29 is 0 Å². The van der Waals surface area contributed by atoms with Crippen LogP contribution in [0.4, 0.5) is 0 Å². The standard InChI is InChI=1S/C62H46N4/c1-39-15-5-7-17-49(39)56-38-55(63-62(64-56)50-18-8-6-16-40(50)2)46-35-41(3)61(42(4)36-46)45-27-25-43(26-28-45)44-29-31-47(32-30-44)65-59-24-14-11-21-53(59)54-37-48(33-34-60(54)65)66-57-22-12-9-19-51(57)52-20-10-13-23-58(52)66/h5-38H,1-4H3. The summed E-state index contributed by atoms with van der Waals surface area (Å²) >= 11 is 0. The molecule has 0 aliphatic carbocycles. The highest BCUT2D eigenvalue weighted by Gasteiger charge is 2.18. The highest BCUT2D eigenvalue weighted by atomic mass is 15.0. The van der Waals surface area contributed by atoms with E-state index in [0.717, 1.165) is 50.8 Å². The zero-order valence-electron chi connectivity index (χ0n) is 37.4. The van der Waals surface area contributed by atoms with Crippen LogP contribution in [0.25, 0.3) is 111 Å². The molecule has 0 spiro atoms. The number of para-hydroxylation sites is 3. The predicted molar refractivity (Wildman–Crippen MR) is 277 cm³/mol. The van der Waals surface area contributed by atoms with E-state index in [2.05, 4.69) is 243 Å². The van der Waals surface area contributed by atoms with E-state index in [-0.39, 0.29) is 0 Å². The van der Waals surface area contributed by atoms with Crippen LogP contribution in [-0.2, 0) is 0 Å². The molecular formula is C62H46N4. The molecule has 3 heterocycles. The van der Waals surface area contributed by atoms with Gasteiger partial charge in [-0.1, -0.05) is 140 Å². The van der Waals surface area contributed by atoms with Crippen molar-refractivity contribution >= 4 is 43.6 Å². The third kappa shape index (κ3) is 6.52. The lowest BCUT2D eigenvalue weighted by Crippen LogP contribution is -1.99. The maximum absolute atomic E-state index is 5.19. The Bertz CT molecular complexity index is 3710. The highest BCUT2D eigenvalue weighted by molar-refractivity contribution is 6.12. The number of aromatic nitrogens is 4. The van der Waals surface area contributed by atoms with Crippen LogP contribution < -0.4 is 0 Å². The molecule has 0 saturated heterocycles. The average Bonchev–Trinajstić information content (AvgIpc) is 3.87. The SMILES string of the molecule is Cc1ccccc1-c1cc(-c2cc(C)c(-c3ccc(-c4ccc(-n5c6ccccc6c6cc(-n7c8ccccc8c8ccccc87)ccc65)cc4)cc3)c(C)c2)nc(-c2ccccc2C)n1. The summed E-state index contributed by atoms with van der Waals surface area (Å²) in [6.45, 7) is 8.69. The zero-order valence-corrected chi connectivity index (χ0v) is 37.4. The van der Waals surface area contributed by atoms with E-state index in [1.54, 1.807) is 0 Å². The summed E-state index contributed by atoms with van der Waals surface area (Å²) in [5.41, 5.74) is 21.8. The van der Waals surface area contributed by atoms with Gasteiger partial charge in [-0.15, -0.1) is 0 Å². The molecule has 9 aromatic carbocycles. The molecule has 4 nitrogen and oxygen atoms in total. The zero-order chi connectivity index (χ0) is 44.5. The van der Waals surface area contributed by atoms with Gasteiger partial charge in [-0.25, -0.2) is 9.97 Å². The Kier molecular flexibility index (Phi) is 9.35. The molecule has 12 aromatic rings. The minimum absolute atomic E-state index is 0.743. The first-order chi connectivity index (χ1) is 32.4. The molecule has 314 valence electrons. The van der Waals surface area contributed by atoms with Crippen LogP contribution >= 0.6 is 0 Å². The van der Waals surface area contributed by atoms with E-state index in [0.29, 0.717) is 0 Å².